The molecule has 2 rings (SSSR count). The summed E-state index contributed by atoms with van der Waals surface area (Å²) >= 11 is 1.48. The first kappa shape index (κ1) is 18.9. The van der Waals surface area contributed by atoms with E-state index in [9.17, 15) is 14.0 Å². The molecule has 2 atom stereocenters. The van der Waals surface area contributed by atoms with E-state index in [0.717, 1.165) is 4.88 Å². The van der Waals surface area contributed by atoms with E-state index in [4.69, 9.17) is 4.74 Å². The van der Waals surface area contributed by atoms with E-state index in [2.05, 4.69) is 10.6 Å². The molecule has 7 heteroatoms. The number of hydrogen-bond donors (Lipinski definition) is 2. The van der Waals surface area contributed by atoms with Crippen LogP contribution < -0.4 is 15.4 Å². The van der Waals surface area contributed by atoms with Crippen molar-refractivity contribution in [2.24, 2.45) is 0 Å². The average molecular weight is 364 g/mol. The maximum atomic E-state index is 13.8. The van der Waals surface area contributed by atoms with Crippen molar-refractivity contribution in [1.29, 1.82) is 0 Å². The molecule has 5 nitrogen and oxygen atoms in total. The van der Waals surface area contributed by atoms with E-state index in [1.165, 1.54) is 37.5 Å². The predicted molar refractivity (Wildman–Crippen MR) is 95.0 cm³/mol. The maximum absolute atomic E-state index is 13.8. The molecule has 2 amide bonds. The van der Waals surface area contributed by atoms with Crippen molar-refractivity contribution >= 4 is 23.2 Å². The number of benzene rings is 1. The largest absolute Gasteiger partial charge is 0.494 e. The molecule has 25 heavy (non-hydrogen) atoms. The Hall–Kier alpha value is -2.41. The van der Waals surface area contributed by atoms with E-state index < -0.39 is 5.82 Å². The fourth-order valence-electron chi connectivity index (χ4n) is 2.48. The Bertz CT molecular complexity index is 734. The van der Waals surface area contributed by atoms with Gasteiger partial charge in [-0.1, -0.05) is 12.1 Å². The van der Waals surface area contributed by atoms with Crippen LogP contribution in [0.25, 0.3) is 0 Å². The first-order chi connectivity index (χ1) is 11.9. The number of amides is 2. The molecule has 0 unspecified atom stereocenters. The first-order valence-electron chi connectivity index (χ1n) is 7.84. The van der Waals surface area contributed by atoms with Crippen molar-refractivity contribution in [3.05, 3.63) is 52.0 Å². The third-order valence-corrected chi connectivity index (χ3v) is 4.69. The number of halogens is 1. The van der Waals surface area contributed by atoms with Crippen molar-refractivity contribution in [2.45, 2.75) is 32.4 Å². The van der Waals surface area contributed by atoms with Crippen molar-refractivity contribution in [2.75, 3.05) is 7.11 Å². The van der Waals surface area contributed by atoms with Crippen LogP contribution in [0.1, 0.15) is 42.8 Å². The van der Waals surface area contributed by atoms with Gasteiger partial charge in [-0.15, -0.1) is 11.3 Å². The zero-order valence-corrected chi connectivity index (χ0v) is 15.2. The van der Waals surface area contributed by atoms with Crippen LogP contribution >= 0.6 is 11.3 Å². The number of nitrogens with one attached hydrogen (secondary N) is 2. The number of carbonyl (C=O) groups excluding carboxylic acids is 2. The van der Waals surface area contributed by atoms with Gasteiger partial charge in [-0.2, -0.15) is 0 Å². The second kappa shape index (κ2) is 8.62. The van der Waals surface area contributed by atoms with Crippen molar-refractivity contribution < 1.29 is 18.7 Å². The fourth-order valence-corrected chi connectivity index (χ4v) is 3.26. The fraction of sp³-hybridized carbons (Fsp3) is 0.333. The highest BCUT2D eigenvalue weighted by Gasteiger charge is 2.20. The van der Waals surface area contributed by atoms with Gasteiger partial charge in [0.1, 0.15) is 0 Å². The molecule has 0 bridgehead atoms. The summed E-state index contributed by atoms with van der Waals surface area (Å²) in [4.78, 5) is 24.6. The van der Waals surface area contributed by atoms with Crippen LogP contribution in [-0.4, -0.2) is 18.9 Å². The van der Waals surface area contributed by atoms with Gasteiger partial charge in [-0.25, -0.2) is 4.39 Å². The molecule has 0 radical (unpaired) electrons. The number of ether oxygens (including phenoxy) is 1. The van der Waals surface area contributed by atoms with Gasteiger partial charge < -0.3 is 15.4 Å². The van der Waals surface area contributed by atoms with Gasteiger partial charge in [0.15, 0.2) is 11.6 Å². The lowest BCUT2D eigenvalue weighted by molar-refractivity contribution is -0.123. The molecule has 2 N–H and O–H groups in total. The molecule has 1 aromatic carbocycles. The van der Waals surface area contributed by atoms with Crippen LogP contribution in [0.2, 0.25) is 0 Å². The Morgan fingerprint density at radius 3 is 2.60 bits per heavy atom. The molecular formula is C18H21FN2O3S. The number of thiophene rings is 1. The summed E-state index contributed by atoms with van der Waals surface area (Å²) in [7, 11) is 1.40. The van der Waals surface area contributed by atoms with E-state index in [1.807, 2.05) is 17.5 Å². The molecular weight excluding hydrogens is 343 g/mol. The normalized spacial score (nSPS) is 13.0. The molecule has 1 aromatic heterocycles. The highest BCUT2D eigenvalue weighted by atomic mass is 32.1. The number of methoxy groups -OCH3 is 1. The SMILES string of the molecule is COc1ccc([C@@H](C)NC(=O)C[C@H](NC(C)=O)c2cccs2)cc1F. The Morgan fingerprint density at radius 2 is 2.04 bits per heavy atom. The number of hydrogen-bond acceptors (Lipinski definition) is 4. The summed E-state index contributed by atoms with van der Waals surface area (Å²) in [5, 5.41) is 7.51. The molecule has 0 aliphatic rings. The summed E-state index contributed by atoms with van der Waals surface area (Å²) in [6.07, 6.45) is 0.114. The summed E-state index contributed by atoms with van der Waals surface area (Å²) in [6.45, 7) is 3.19. The molecule has 0 saturated carbocycles. The molecule has 0 fully saturated rings. The Morgan fingerprint density at radius 1 is 1.28 bits per heavy atom. The van der Waals surface area contributed by atoms with Gasteiger partial charge in [0.2, 0.25) is 11.8 Å². The standard InChI is InChI=1S/C18H21FN2O3S/c1-11(13-6-7-16(24-3)14(19)9-13)20-18(23)10-15(21-12(2)22)17-5-4-8-25-17/h4-9,11,15H,10H2,1-3H3,(H,20,23)(H,21,22)/t11-,15+/m1/s1. The van der Waals surface area contributed by atoms with Crippen LogP contribution in [-0.2, 0) is 9.59 Å². The summed E-state index contributed by atoms with van der Waals surface area (Å²) < 4.78 is 18.7. The topological polar surface area (TPSA) is 67.4 Å². The van der Waals surface area contributed by atoms with Crippen molar-refractivity contribution in [3.8, 4) is 5.75 Å². The van der Waals surface area contributed by atoms with Gasteiger partial charge in [0.05, 0.1) is 25.6 Å². The van der Waals surface area contributed by atoms with Crippen molar-refractivity contribution in [1.82, 2.24) is 10.6 Å². The lowest BCUT2D eigenvalue weighted by Gasteiger charge is -2.19. The quantitative estimate of drug-likeness (QED) is 0.792. The smallest absolute Gasteiger partial charge is 0.222 e. The van der Waals surface area contributed by atoms with Gasteiger partial charge in [0, 0.05) is 11.8 Å². The zero-order valence-electron chi connectivity index (χ0n) is 14.3. The van der Waals surface area contributed by atoms with E-state index in [1.54, 1.807) is 13.0 Å². The molecule has 1 heterocycles. The van der Waals surface area contributed by atoms with Gasteiger partial charge in [0.25, 0.3) is 0 Å². The van der Waals surface area contributed by atoms with Crippen LogP contribution in [0.4, 0.5) is 4.39 Å². The second-order valence-electron chi connectivity index (χ2n) is 5.66. The summed E-state index contributed by atoms with van der Waals surface area (Å²) in [5.74, 6) is -0.742. The minimum Gasteiger partial charge on any atom is -0.494 e. The van der Waals surface area contributed by atoms with Gasteiger partial charge in [-0.3, -0.25) is 9.59 Å². The van der Waals surface area contributed by atoms with Crippen molar-refractivity contribution in [3.63, 3.8) is 0 Å². The molecule has 2 aromatic rings. The minimum atomic E-state index is -0.476. The lowest BCUT2D eigenvalue weighted by Crippen LogP contribution is -2.33. The molecule has 0 spiro atoms. The Labute approximate surface area is 150 Å². The monoisotopic (exact) mass is 364 g/mol. The molecule has 134 valence electrons. The van der Waals surface area contributed by atoms with Crippen LogP contribution in [0.15, 0.2) is 35.7 Å². The lowest BCUT2D eigenvalue weighted by atomic mass is 10.1. The van der Waals surface area contributed by atoms with Gasteiger partial charge >= 0.3 is 0 Å². The minimum absolute atomic E-state index is 0.114. The summed E-state index contributed by atoms with van der Waals surface area (Å²) in [5.41, 5.74) is 0.638. The first-order valence-corrected chi connectivity index (χ1v) is 8.72. The van der Waals surface area contributed by atoms with Gasteiger partial charge in [-0.05, 0) is 36.1 Å². The summed E-state index contributed by atoms with van der Waals surface area (Å²) in [6, 6.07) is 7.58. The van der Waals surface area contributed by atoms with Crippen LogP contribution in [0.3, 0.4) is 0 Å². The predicted octanol–water partition coefficient (Wildman–Crippen LogP) is 3.34. The third-order valence-electron chi connectivity index (χ3n) is 3.71. The molecule has 0 aliphatic carbocycles. The average Bonchev–Trinajstić information content (AvgIpc) is 3.08. The third kappa shape index (κ3) is 5.29. The molecule has 0 saturated heterocycles. The highest BCUT2D eigenvalue weighted by Crippen LogP contribution is 2.24. The van der Waals surface area contributed by atoms with Crippen LogP contribution in [0.5, 0.6) is 5.75 Å². The van der Waals surface area contributed by atoms with E-state index in [-0.39, 0.29) is 36.1 Å². The highest BCUT2D eigenvalue weighted by molar-refractivity contribution is 7.10. The maximum Gasteiger partial charge on any atom is 0.222 e. The number of carbonyl (C=O) groups is 2. The number of rotatable bonds is 7. The van der Waals surface area contributed by atoms with E-state index in [0.29, 0.717) is 5.56 Å². The zero-order chi connectivity index (χ0) is 18.4. The van der Waals surface area contributed by atoms with E-state index >= 15 is 0 Å². The molecule has 0 aliphatic heterocycles. The van der Waals surface area contributed by atoms with Crippen LogP contribution in [0, 0.1) is 5.82 Å². The second-order valence-corrected chi connectivity index (χ2v) is 6.64. The Kier molecular flexibility index (Phi) is 6.52. The Balaban J connectivity index is 2.02.